The zero-order chi connectivity index (χ0) is 11.8. The lowest BCUT2D eigenvalue weighted by Crippen LogP contribution is -2.59. The minimum Gasteiger partial charge on any atom is -0.392 e. The first-order chi connectivity index (χ1) is 7.50. The van der Waals surface area contributed by atoms with Gasteiger partial charge in [0.1, 0.15) is 0 Å². The summed E-state index contributed by atoms with van der Waals surface area (Å²) in [4.78, 5) is 0. The van der Waals surface area contributed by atoms with Crippen LogP contribution in [0.4, 0.5) is 0 Å². The maximum atomic E-state index is 9.63. The highest BCUT2D eigenvalue weighted by Crippen LogP contribution is 2.40. The molecule has 1 saturated carbocycles. The Bertz CT molecular complexity index is 378. The van der Waals surface area contributed by atoms with Crippen LogP contribution in [0.25, 0.3) is 0 Å². The predicted molar refractivity (Wildman–Crippen MR) is 66.5 cm³/mol. The molecule has 0 amide bonds. The van der Waals surface area contributed by atoms with E-state index in [1.54, 1.807) is 0 Å². The van der Waals surface area contributed by atoms with Gasteiger partial charge in [0.15, 0.2) is 0 Å². The van der Waals surface area contributed by atoms with Gasteiger partial charge in [0.05, 0.1) is 6.10 Å². The van der Waals surface area contributed by atoms with E-state index in [2.05, 4.69) is 25.2 Å². The van der Waals surface area contributed by atoms with Gasteiger partial charge in [-0.05, 0) is 24.1 Å². The van der Waals surface area contributed by atoms with Crippen LogP contribution in [0.15, 0.2) is 24.3 Å². The monoisotopic (exact) mass is 239 g/mol. The van der Waals surface area contributed by atoms with Crippen molar-refractivity contribution in [3.8, 4) is 0 Å². The highest BCUT2D eigenvalue weighted by Gasteiger charge is 2.46. The molecule has 0 saturated heterocycles. The van der Waals surface area contributed by atoms with Crippen molar-refractivity contribution in [1.82, 2.24) is 5.32 Å². The smallest absolute Gasteiger partial charge is 0.0621 e. The van der Waals surface area contributed by atoms with E-state index >= 15 is 0 Å². The molecule has 0 aliphatic heterocycles. The van der Waals surface area contributed by atoms with Gasteiger partial charge in [-0.2, -0.15) is 0 Å². The molecule has 0 spiro atoms. The summed E-state index contributed by atoms with van der Waals surface area (Å²) in [5.41, 5.74) is 1.17. The zero-order valence-corrected chi connectivity index (χ0v) is 10.5. The second kappa shape index (κ2) is 4.36. The molecule has 1 fully saturated rings. The summed E-state index contributed by atoms with van der Waals surface area (Å²) >= 11 is 5.92. The lowest BCUT2D eigenvalue weighted by Gasteiger charge is -2.49. The van der Waals surface area contributed by atoms with Crippen molar-refractivity contribution < 1.29 is 5.11 Å². The van der Waals surface area contributed by atoms with Gasteiger partial charge in [-0.1, -0.05) is 37.6 Å². The number of nitrogens with one attached hydrogen (secondary N) is 1. The van der Waals surface area contributed by atoms with Crippen molar-refractivity contribution in [2.75, 3.05) is 0 Å². The molecule has 1 aliphatic carbocycles. The second-order valence-electron chi connectivity index (χ2n) is 5.14. The summed E-state index contributed by atoms with van der Waals surface area (Å²) in [6.07, 6.45) is 0.664. The summed E-state index contributed by atoms with van der Waals surface area (Å²) in [7, 11) is 0. The molecule has 0 heterocycles. The lowest BCUT2D eigenvalue weighted by molar-refractivity contribution is -0.0729. The highest BCUT2D eigenvalue weighted by molar-refractivity contribution is 6.30. The van der Waals surface area contributed by atoms with Crippen LogP contribution >= 0.6 is 11.6 Å². The maximum absolute atomic E-state index is 9.63. The molecule has 2 unspecified atom stereocenters. The van der Waals surface area contributed by atoms with Gasteiger partial charge in [0.2, 0.25) is 0 Å². The van der Waals surface area contributed by atoms with Crippen LogP contribution < -0.4 is 5.32 Å². The van der Waals surface area contributed by atoms with Crippen molar-refractivity contribution >= 4 is 11.6 Å². The molecule has 2 N–H and O–H groups in total. The van der Waals surface area contributed by atoms with Crippen molar-refractivity contribution in [1.29, 1.82) is 0 Å². The fraction of sp³-hybridized carbons (Fsp3) is 0.538. The quantitative estimate of drug-likeness (QED) is 0.850. The average Bonchev–Trinajstić information content (AvgIpc) is 2.24. The Morgan fingerprint density at radius 1 is 1.50 bits per heavy atom. The summed E-state index contributed by atoms with van der Waals surface area (Å²) in [5, 5.41) is 13.9. The summed E-state index contributed by atoms with van der Waals surface area (Å²) < 4.78 is 0. The second-order valence-corrected chi connectivity index (χ2v) is 5.57. The molecule has 1 aliphatic rings. The molecule has 1 aromatic rings. The van der Waals surface area contributed by atoms with Gasteiger partial charge in [0.25, 0.3) is 0 Å². The van der Waals surface area contributed by atoms with E-state index in [9.17, 15) is 5.11 Å². The minimum absolute atomic E-state index is 0.0153. The standard InChI is InChI=1S/C13H18ClNO/c1-13(2)11(7-12(13)16)15-8-9-4-3-5-10(14)6-9/h3-6,11-12,15-16H,7-8H2,1-2H3. The Balaban J connectivity index is 1.89. The van der Waals surface area contributed by atoms with E-state index in [0.29, 0.717) is 6.04 Å². The van der Waals surface area contributed by atoms with Gasteiger partial charge < -0.3 is 10.4 Å². The van der Waals surface area contributed by atoms with Gasteiger partial charge in [-0.15, -0.1) is 0 Å². The number of hydrogen-bond acceptors (Lipinski definition) is 2. The molecule has 2 nitrogen and oxygen atoms in total. The Hall–Kier alpha value is -0.570. The normalized spacial score (nSPS) is 27.5. The Morgan fingerprint density at radius 3 is 2.81 bits per heavy atom. The van der Waals surface area contributed by atoms with E-state index in [4.69, 9.17) is 11.6 Å². The molecule has 0 aromatic heterocycles. The predicted octanol–water partition coefficient (Wildman–Crippen LogP) is 2.59. The number of hydrogen-bond donors (Lipinski definition) is 2. The van der Waals surface area contributed by atoms with Crippen LogP contribution in [0.2, 0.25) is 5.02 Å². The first-order valence-corrected chi connectivity index (χ1v) is 6.04. The molecule has 1 aromatic carbocycles. The number of aliphatic hydroxyl groups excluding tert-OH is 1. The van der Waals surface area contributed by atoms with Gasteiger partial charge >= 0.3 is 0 Å². The third-order valence-electron chi connectivity index (χ3n) is 3.66. The summed E-state index contributed by atoms with van der Waals surface area (Å²) in [6, 6.07) is 8.25. The molecule has 88 valence electrons. The molecule has 2 atom stereocenters. The third-order valence-corrected chi connectivity index (χ3v) is 3.89. The Labute approximate surface area is 102 Å². The van der Waals surface area contributed by atoms with E-state index in [1.807, 2.05) is 18.2 Å². The van der Waals surface area contributed by atoms with Crippen LogP contribution in [0.1, 0.15) is 25.8 Å². The summed E-state index contributed by atoms with van der Waals surface area (Å²) in [5.74, 6) is 0. The molecule has 0 bridgehead atoms. The highest BCUT2D eigenvalue weighted by atomic mass is 35.5. The fourth-order valence-corrected chi connectivity index (χ4v) is 2.35. The van der Waals surface area contributed by atoms with Crippen molar-refractivity contribution in [2.45, 2.75) is 39.0 Å². The average molecular weight is 240 g/mol. The van der Waals surface area contributed by atoms with E-state index in [-0.39, 0.29) is 11.5 Å². The van der Waals surface area contributed by atoms with Crippen LogP contribution in [0, 0.1) is 5.41 Å². The lowest BCUT2D eigenvalue weighted by atomic mass is 9.64. The van der Waals surface area contributed by atoms with Crippen molar-refractivity contribution in [3.63, 3.8) is 0 Å². The van der Waals surface area contributed by atoms with Gasteiger partial charge in [0, 0.05) is 23.0 Å². The van der Waals surface area contributed by atoms with Gasteiger partial charge in [-0.3, -0.25) is 0 Å². The van der Waals surface area contributed by atoms with E-state index in [1.165, 1.54) is 5.56 Å². The van der Waals surface area contributed by atoms with Crippen LogP contribution in [0.5, 0.6) is 0 Å². The van der Waals surface area contributed by atoms with Crippen molar-refractivity contribution in [3.05, 3.63) is 34.9 Å². The van der Waals surface area contributed by atoms with Crippen LogP contribution in [-0.2, 0) is 6.54 Å². The molecule has 3 heteroatoms. The summed E-state index contributed by atoms with van der Waals surface area (Å²) in [6.45, 7) is 5.00. The number of aliphatic hydroxyl groups is 1. The van der Waals surface area contributed by atoms with E-state index in [0.717, 1.165) is 18.0 Å². The first kappa shape index (κ1) is 11.9. The van der Waals surface area contributed by atoms with Crippen LogP contribution in [-0.4, -0.2) is 17.3 Å². The minimum atomic E-state index is -0.177. The maximum Gasteiger partial charge on any atom is 0.0621 e. The zero-order valence-electron chi connectivity index (χ0n) is 9.70. The largest absolute Gasteiger partial charge is 0.392 e. The third kappa shape index (κ3) is 2.24. The van der Waals surface area contributed by atoms with Gasteiger partial charge in [-0.25, -0.2) is 0 Å². The fourth-order valence-electron chi connectivity index (χ4n) is 2.14. The molecular weight excluding hydrogens is 222 g/mol. The van der Waals surface area contributed by atoms with E-state index < -0.39 is 0 Å². The molecule has 0 radical (unpaired) electrons. The first-order valence-electron chi connectivity index (χ1n) is 5.66. The Morgan fingerprint density at radius 2 is 2.25 bits per heavy atom. The topological polar surface area (TPSA) is 32.3 Å². The Kier molecular flexibility index (Phi) is 3.24. The SMILES string of the molecule is CC1(C)C(O)CC1NCc1cccc(Cl)c1. The number of halogens is 1. The number of rotatable bonds is 3. The number of benzene rings is 1. The molecule has 16 heavy (non-hydrogen) atoms. The van der Waals surface area contributed by atoms with Crippen molar-refractivity contribution in [2.24, 2.45) is 5.41 Å². The molecular formula is C13H18ClNO. The molecule has 2 rings (SSSR count). The van der Waals surface area contributed by atoms with Crippen LogP contribution in [0.3, 0.4) is 0 Å².